The first-order valence-electron chi connectivity index (χ1n) is 15.2. The van der Waals surface area contributed by atoms with Crippen LogP contribution >= 0.6 is 0 Å². The number of amides is 1. The molecule has 4 saturated carbocycles. The van der Waals surface area contributed by atoms with Crippen LogP contribution in [0.25, 0.3) is 0 Å². The van der Waals surface area contributed by atoms with Gasteiger partial charge in [-0.05, 0) is 110 Å². The molecule has 226 valence electrons. The molecule has 11 atom stereocenters. The van der Waals surface area contributed by atoms with Gasteiger partial charge in [0.05, 0.1) is 24.1 Å². The Morgan fingerprint density at radius 2 is 1.72 bits per heavy atom. The van der Waals surface area contributed by atoms with Gasteiger partial charge in [0.15, 0.2) is 0 Å². The van der Waals surface area contributed by atoms with E-state index < -0.39 is 28.1 Å². The maximum atomic E-state index is 12.7. The van der Waals surface area contributed by atoms with E-state index in [4.69, 9.17) is 4.55 Å². The molecule has 8 nitrogen and oxygen atoms in total. The van der Waals surface area contributed by atoms with Gasteiger partial charge in [-0.25, -0.2) is 0 Å². The molecule has 0 aliphatic heterocycles. The highest BCUT2D eigenvalue weighted by atomic mass is 32.2. The molecule has 39 heavy (non-hydrogen) atoms. The maximum Gasteiger partial charge on any atom is 0.266 e. The average Bonchev–Trinajstić information content (AvgIpc) is 3.18. The Balaban J connectivity index is 1.53. The second-order valence-electron chi connectivity index (χ2n) is 14.6. The van der Waals surface area contributed by atoms with E-state index in [2.05, 4.69) is 27.7 Å². The number of carbonyl (C=O) groups excluding carboxylic acids is 1. The lowest BCUT2D eigenvalue weighted by Crippen LogP contribution is -2.57. The van der Waals surface area contributed by atoms with E-state index in [0.29, 0.717) is 31.6 Å². The predicted octanol–water partition coefficient (Wildman–Crippen LogP) is 3.88. The van der Waals surface area contributed by atoms with Gasteiger partial charge < -0.3 is 20.2 Å². The quantitative estimate of drug-likeness (QED) is 0.341. The van der Waals surface area contributed by atoms with Gasteiger partial charge in [0.2, 0.25) is 5.91 Å². The second kappa shape index (κ2) is 11.2. The number of hydrogen-bond acceptors (Lipinski definition) is 6. The molecule has 9 heteroatoms. The minimum atomic E-state index is -4.12. The molecular formula is C30H53NO7S. The maximum absolute atomic E-state index is 12.7. The lowest BCUT2D eigenvalue weighted by atomic mass is 9.45. The number of rotatable bonds is 7. The highest BCUT2D eigenvalue weighted by Crippen LogP contribution is 2.66. The molecule has 0 radical (unpaired) electrons. The van der Waals surface area contributed by atoms with Crippen molar-refractivity contribution in [3.8, 4) is 0 Å². The average molecular weight is 572 g/mol. The number of carbonyl (C=O) groups is 1. The van der Waals surface area contributed by atoms with E-state index in [1.807, 2.05) is 0 Å². The zero-order valence-corrected chi connectivity index (χ0v) is 25.5. The van der Waals surface area contributed by atoms with Crippen LogP contribution in [0, 0.1) is 45.8 Å². The molecular weight excluding hydrogens is 518 g/mol. The fraction of sp³-hybridized carbons (Fsp3) is 0.967. The highest BCUT2D eigenvalue weighted by molar-refractivity contribution is 7.85. The topological polar surface area (TPSA) is 135 Å². The van der Waals surface area contributed by atoms with Crippen molar-refractivity contribution < 1.29 is 33.1 Å². The molecule has 2 bridgehead atoms. The molecule has 0 heterocycles. The van der Waals surface area contributed by atoms with Crippen molar-refractivity contribution in [2.75, 3.05) is 19.3 Å². The first-order chi connectivity index (χ1) is 18.0. The van der Waals surface area contributed by atoms with Crippen molar-refractivity contribution in [3.63, 3.8) is 0 Å². The summed E-state index contributed by atoms with van der Waals surface area (Å²) in [6, 6.07) is 0. The summed E-state index contributed by atoms with van der Waals surface area (Å²) in [6.45, 7) is 9.00. The Bertz CT molecular complexity index is 1010. The van der Waals surface area contributed by atoms with Crippen LogP contribution in [0.5, 0.6) is 0 Å². The van der Waals surface area contributed by atoms with Crippen LogP contribution in [-0.2, 0) is 14.9 Å². The Labute approximate surface area is 235 Å². The van der Waals surface area contributed by atoms with Crippen molar-refractivity contribution >= 4 is 16.0 Å². The molecule has 4 aliphatic rings. The van der Waals surface area contributed by atoms with Gasteiger partial charge in [-0.2, -0.15) is 8.42 Å². The SMILES string of the molecule is C[C@H](CCC(=O)N(C)CCS(=O)(=O)O)[C@H]1CC[C@H]2[C@@H]3CC[C@H](C[C@H](O)[C@]12C)[C@@]1(C)CC[C@@H](O)C[C@@]1(C)C[C@H]3O. The van der Waals surface area contributed by atoms with Gasteiger partial charge in [0.1, 0.15) is 0 Å². The first-order valence-corrected chi connectivity index (χ1v) is 16.9. The molecule has 0 saturated heterocycles. The molecule has 0 aromatic heterocycles. The van der Waals surface area contributed by atoms with Crippen LogP contribution in [0.15, 0.2) is 0 Å². The highest BCUT2D eigenvalue weighted by Gasteiger charge is 2.62. The molecule has 4 fully saturated rings. The zero-order valence-electron chi connectivity index (χ0n) is 24.7. The Hall–Kier alpha value is -0.740. The summed E-state index contributed by atoms with van der Waals surface area (Å²) in [6.07, 6.45) is 7.48. The summed E-state index contributed by atoms with van der Waals surface area (Å²) >= 11 is 0. The summed E-state index contributed by atoms with van der Waals surface area (Å²) in [4.78, 5) is 14.1. The van der Waals surface area contributed by atoms with Crippen LogP contribution in [0.1, 0.15) is 98.3 Å². The fourth-order valence-electron chi connectivity index (χ4n) is 9.97. The second-order valence-corrected chi connectivity index (χ2v) is 16.2. The van der Waals surface area contributed by atoms with E-state index in [1.54, 1.807) is 7.05 Å². The van der Waals surface area contributed by atoms with Crippen LogP contribution in [-0.4, -0.2) is 76.8 Å². The van der Waals surface area contributed by atoms with Crippen molar-refractivity contribution in [2.45, 2.75) is 117 Å². The Morgan fingerprint density at radius 3 is 2.38 bits per heavy atom. The summed E-state index contributed by atoms with van der Waals surface area (Å²) in [5.41, 5.74) is -0.545. The first kappa shape index (κ1) is 31.2. The lowest BCUT2D eigenvalue weighted by Gasteiger charge is -2.61. The predicted molar refractivity (Wildman–Crippen MR) is 150 cm³/mol. The third-order valence-electron chi connectivity index (χ3n) is 12.7. The summed E-state index contributed by atoms with van der Waals surface area (Å²) in [5, 5.41) is 34.4. The van der Waals surface area contributed by atoms with Gasteiger partial charge in [0, 0.05) is 20.0 Å². The molecule has 4 N–H and O–H groups in total. The normalized spacial score (nSPS) is 45.3. The van der Waals surface area contributed by atoms with Gasteiger partial charge in [-0.3, -0.25) is 9.35 Å². The minimum absolute atomic E-state index is 0.0380. The number of fused-ring (bicyclic) bond motifs is 7. The number of aliphatic hydroxyl groups is 3. The van der Waals surface area contributed by atoms with Crippen molar-refractivity contribution in [1.82, 2.24) is 4.90 Å². The molecule has 1 amide bonds. The molecule has 4 aliphatic carbocycles. The number of aliphatic hydroxyl groups excluding tert-OH is 3. The minimum Gasteiger partial charge on any atom is -0.393 e. The van der Waals surface area contributed by atoms with Gasteiger partial charge in [-0.1, -0.05) is 27.7 Å². The van der Waals surface area contributed by atoms with Crippen molar-refractivity contribution in [3.05, 3.63) is 0 Å². The van der Waals surface area contributed by atoms with Crippen LogP contribution < -0.4 is 0 Å². The van der Waals surface area contributed by atoms with Crippen LogP contribution in [0.4, 0.5) is 0 Å². The van der Waals surface area contributed by atoms with E-state index in [-0.39, 0.29) is 58.5 Å². The number of nitrogens with zero attached hydrogens (tertiary/aromatic N) is 1. The molecule has 0 aromatic rings. The van der Waals surface area contributed by atoms with Gasteiger partial charge >= 0.3 is 0 Å². The van der Waals surface area contributed by atoms with Crippen LogP contribution in [0.2, 0.25) is 0 Å². The largest absolute Gasteiger partial charge is 0.393 e. The Kier molecular flexibility index (Phi) is 8.93. The molecule has 0 spiro atoms. The van der Waals surface area contributed by atoms with Gasteiger partial charge in [0.25, 0.3) is 10.1 Å². The van der Waals surface area contributed by atoms with E-state index in [9.17, 15) is 28.5 Å². The zero-order chi connectivity index (χ0) is 29.0. The summed E-state index contributed by atoms with van der Waals surface area (Å²) < 4.78 is 31.1. The Morgan fingerprint density at radius 1 is 1.03 bits per heavy atom. The van der Waals surface area contributed by atoms with Crippen LogP contribution in [0.3, 0.4) is 0 Å². The monoisotopic (exact) mass is 571 g/mol. The lowest BCUT2D eigenvalue weighted by molar-refractivity contribution is -0.171. The molecule has 0 aromatic carbocycles. The van der Waals surface area contributed by atoms with Gasteiger partial charge in [-0.15, -0.1) is 0 Å². The smallest absolute Gasteiger partial charge is 0.266 e. The summed E-state index contributed by atoms with van der Waals surface area (Å²) in [5.74, 6) is 0.488. The standard InChI is InChI=1S/C30H53NO7S/c1-19(6-11-27(35)31(5)14-15-39(36,37)38)23-9-10-24-22-8-7-20(16-26(34)30(23,24)4)29(3)13-12-21(32)17-28(29,2)18-25(22)33/h19-26,32-34H,6-18H2,1-5H3,(H,36,37,38)/t19-,20-,21-,22+,23-,24+,25-,26+,28+,29-,30-/m1/s1. The van der Waals surface area contributed by atoms with E-state index in [0.717, 1.165) is 44.9 Å². The van der Waals surface area contributed by atoms with E-state index >= 15 is 0 Å². The third-order valence-corrected chi connectivity index (χ3v) is 13.4. The number of hydrogen-bond donors (Lipinski definition) is 4. The fourth-order valence-corrected chi connectivity index (χ4v) is 10.5. The summed E-state index contributed by atoms with van der Waals surface area (Å²) in [7, 11) is -2.56. The third kappa shape index (κ3) is 5.81. The molecule has 4 rings (SSSR count). The van der Waals surface area contributed by atoms with E-state index in [1.165, 1.54) is 4.90 Å². The molecule has 0 unspecified atom stereocenters. The van der Waals surface area contributed by atoms with Crippen molar-refractivity contribution in [1.29, 1.82) is 0 Å². The van der Waals surface area contributed by atoms with Crippen molar-refractivity contribution in [2.24, 2.45) is 45.8 Å².